The zero-order valence-corrected chi connectivity index (χ0v) is 44.0. The predicted molar refractivity (Wildman–Crippen MR) is 341 cm³/mol. The summed E-state index contributed by atoms with van der Waals surface area (Å²) in [5, 5.41) is 16.0. The molecule has 0 aliphatic heterocycles. The van der Waals surface area contributed by atoms with Crippen LogP contribution in [0.25, 0.3) is 187 Å². The average Bonchev–Trinajstić information content (AvgIpc) is 4.06. The van der Waals surface area contributed by atoms with Crippen molar-refractivity contribution >= 4 is 120 Å². The van der Waals surface area contributed by atoms with Gasteiger partial charge >= 0.3 is 0 Å². The van der Waals surface area contributed by atoms with Gasteiger partial charge in [0.05, 0.1) is 0 Å². The van der Waals surface area contributed by atoms with Crippen LogP contribution < -0.4 is 0 Å². The van der Waals surface area contributed by atoms with Gasteiger partial charge in [0.15, 0.2) is 0 Å². The Hall–Kier alpha value is -10.9. The molecule has 0 saturated carbocycles. The van der Waals surface area contributed by atoms with Crippen molar-refractivity contribution in [3.8, 4) is 66.8 Å². The van der Waals surface area contributed by atoms with Gasteiger partial charge < -0.3 is 17.7 Å². The number of hydrogen-bond acceptors (Lipinski definition) is 4. The van der Waals surface area contributed by atoms with Gasteiger partial charge in [0.1, 0.15) is 44.7 Å². The van der Waals surface area contributed by atoms with E-state index in [9.17, 15) is 0 Å². The second kappa shape index (κ2) is 17.3. The molecule has 0 atom stereocenters. The summed E-state index contributed by atoms with van der Waals surface area (Å²) in [6.45, 7) is 0. The van der Waals surface area contributed by atoms with Gasteiger partial charge in [-0.3, -0.25) is 0 Å². The summed E-state index contributed by atoms with van der Waals surface area (Å²) < 4.78 is 26.8. The molecule has 0 radical (unpaired) electrons. The van der Waals surface area contributed by atoms with Gasteiger partial charge in [0.25, 0.3) is 0 Å². The lowest BCUT2D eigenvalue weighted by Crippen LogP contribution is -1.90. The number of fused-ring (bicyclic) bond motifs is 18. The van der Waals surface area contributed by atoms with Crippen LogP contribution in [0.3, 0.4) is 0 Å². The average molecular weight is 1050 g/mol. The fraction of sp³-hybridized carbons (Fsp3) is 0. The molecule has 18 rings (SSSR count). The van der Waals surface area contributed by atoms with E-state index in [-0.39, 0.29) is 0 Å². The number of rotatable bonds is 6. The molecular weight excluding hydrogens is 1000 g/mol. The smallest absolute Gasteiger partial charge is 0.143 e. The van der Waals surface area contributed by atoms with E-state index in [2.05, 4.69) is 243 Å². The first-order chi connectivity index (χ1) is 40.6. The Morgan fingerprint density at radius 1 is 0.146 bits per heavy atom. The Bertz CT molecular complexity index is 5080. The SMILES string of the molecule is c1ccc2c(c1)oc1c(-c3cc(-c4ccc5c6ccc(-c7cc(-c8cccc9c8oc8ccccc89)cc(-c8cccc9c8oc8ccccc89)c7)cc6c6ccccc6c5c4)cc(-c4cccc5c4oc4ccccc45)c3)cccc12. The lowest BCUT2D eigenvalue weighted by molar-refractivity contribution is 0.669. The van der Waals surface area contributed by atoms with Crippen LogP contribution in [0.4, 0.5) is 0 Å². The molecule has 0 fully saturated rings. The topological polar surface area (TPSA) is 52.6 Å². The molecule has 4 heteroatoms. The van der Waals surface area contributed by atoms with E-state index in [1.54, 1.807) is 0 Å². The maximum atomic E-state index is 6.70. The number of furan rings is 4. The van der Waals surface area contributed by atoms with E-state index in [4.69, 9.17) is 17.7 Å². The summed E-state index contributed by atoms with van der Waals surface area (Å²) >= 11 is 0. The molecule has 0 aliphatic carbocycles. The van der Waals surface area contributed by atoms with Crippen LogP contribution in [0.15, 0.2) is 285 Å². The van der Waals surface area contributed by atoms with Gasteiger partial charge in [-0.2, -0.15) is 0 Å². The van der Waals surface area contributed by atoms with Gasteiger partial charge in [-0.25, -0.2) is 0 Å². The lowest BCUT2D eigenvalue weighted by Gasteiger charge is -2.16. The van der Waals surface area contributed by atoms with Crippen molar-refractivity contribution in [2.24, 2.45) is 0 Å². The summed E-state index contributed by atoms with van der Waals surface area (Å²) in [7, 11) is 0. The molecule has 0 saturated heterocycles. The normalized spacial score (nSPS) is 12.1. The fourth-order valence-electron chi connectivity index (χ4n) is 13.4. The first kappa shape index (κ1) is 45.0. The molecule has 0 aliphatic rings. The van der Waals surface area contributed by atoms with E-state index in [0.717, 1.165) is 155 Å². The maximum absolute atomic E-state index is 6.70. The van der Waals surface area contributed by atoms with Gasteiger partial charge in [-0.1, -0.05) is 194 Å². The number of hydrogen-bond donors (Lipinski definition) is 0. The molecule has 0 amide bonds. The lowest BCUT2D eigenvalue weighted by atomic mass is 9.88. The highest BCUT2D eigenvalue weighted by Gasteiger charge is 2.21. The summed E-state index contributed by atoms with van der Waals surface area (Å²) in [6, 6.07) is 96.0. The van der Waals surface area contributed by atoms with E-state index in [1.807, 2.05) is 24.3 Å². The second-order valence-electron chi connectivity index (χ2n) is 21.8. The van der Waals surface area contributed by atoms with Crippen molar-refractivity contribution in [2.75, 3.05) is 0 Å². The first-order valence-corrected chi connectivity index (χ1v) is 27.9. The number of benzene rings is 14. The maximum Gasteiger partial charge on any atom is 0.143 e. The van der Waals surface area contributed by atoms with Gasteiger partial charge in [0, 0.05) is 65.3 Å². The fourth-order valence-corrected chi connectivity index (χ4v) is 13.4. The third-order valence-corrected chi connectivity index (χ3v) is 17.2. The minimum absolute atomic E-state index is 0.874. The third-order valence-electron chi connectivity index (χ3n) is 17.2. The zero-order valence-electron chi connectivity index (χ0n) is 44.0. The van der Waals surface area contributed by atoms with Crippen molar-refractivity contribution in [1.82, 2.24) is 0 Å². The predicted octanol–water partition coefficient (Wildman–Crippen LogP) is 22.7. The summed E-state index contributed by atoms with van der Waals surface area (Å²) in [5.41, 5.74) is 19.9. The molecule has 380 valence electrons. The monoisotopic (exact) mass is 1040 g/mol. The molecule has 18 aromatic rings. The van der Waals surface area contributed by atoms with E-state index < -0.39 is 0 Å². The summed E-state index contributed by atoms with van der Waals surface area (Å²) in [5.74, 6) is 0. The highest BCUT2D eigenvalue weighted by Crippen LogP contribution is 2.47. The summed E-state index contributed by atoms with van der Waals surface area (Å²) in [4.78, 5) is 0. The largest absolute Gasteiger partial charge is 0.455 e. The molecule has 4 heterocycles. The highest BCUT2D eigenvalue weighted by molar-refractivity contribution is 6.26. The van der Waals surface area contributed by atoms with Gasteiger partial charge in [-0.15, -0.1) is 0 Å². The second-order valence-corrected chi connectivity index (χ2v) is 21.8. The quantitative estimate of drug-likeness (QED) is 0.156. The minimum atomic E-state index is 0.874. The molecule has 0 N–H and O–H groups in total. The van der Waals surface area contributed by atoms with E-state index in [1.165, 1.54) is 32.3 Å². The van der Waals surface area contributed by atoms with Crippen molar-refractivity contribution in [3.63, 3.8) is 0 Å². The molecule has 0 bridgehead atoms. The number of para-hydroxylation sites is 8. The molecule has 4 nitrogen and oxygen atoms in total. The van der Waals surface area contributed by atoms with E-state index >= 15 is 0 Å². The minimum Gasteiger partial charge on any atom is -0.455 e. The van der Waals surface area contributed by atoms with Crippen molar-refractivity contribution in [1.29, 1.82) is 0 Å². The standard InChI is InChI=1S/C78H44O4/c1-2-16-58-57(15-1)69-43-45(47-37-49(53-21-11-25-65-61-17-3-7-29-71(61)79-75(53)65)41-50(38-47)54-22-12-26-66-62-18-4-8-30-72(62)80-76(54)66)33-35-59(69)60-36-34-46(44-70(58)60)48-39-51(55-23-13-27-67-63-19-5-9-31-73(63)81-77(55)67)42-52(40-48)56-24-14-28-68-64-20-6-10-32-74(64)82-78(56)68/h1-44H. The third kappa shape index (κ3) is 6.73. The van der Waals surface area contributed by atoms with Crippen LogP contribution in [0.2, 0.25) is 0 Å². The molecule has 0 unspecified atom stereocenters. The van der Waals surface area contributed by atoms with Crippen molar-refractivity contribution in [2.45, 2.75) is 0 Å². The molecular formula is C78H44O4. The molecule has 4 aromatic heterocycles. The van der Waals surface area contributed by atoms with Crippen LogP contribution in [0.5, 0.6) is 0 Å². The van der Waals surface area contributed by atoms with Crippen molar-refractivity contribution in [3.05, 3.63) is 267 Å². The van der Waals surface area contributed by atoms with Crippen LogP contribution >= 0.6 is 0 Å². The summed E-state index contributed by atoms with van der Waals surface area (Å²) in [6.07, 6.45) is 0. The Morgan fingerprint density at radius 3 is 0.695 bits per heavy atom. The van der Waals surface area contributed by atoms with Gasteiger partial charge in [0.2, 0.25) is 0 Å². The van der Waals surface area contributed by atoms with E-state index in [0.29, 0.717) is 0 Å². The van der Waals surface area contributed by atoms with Crippen LogP contribution in [0.1, 0.15) is 0 Å². The van der Waals surface area contributed by atoms with Crippen molar-refractivity contribution < 1.29 is 17.7 Å². The zero-order chi connectivity index (χ0) is 53.6. The van der Waals surface area contributed by atoms with Crippen LogP contribution in [-0.2, 0) is 0 Å². The van der Waals surface area contributed by atoms with Gasteiger partial charge in [-0.05, 0) is 150 Å². The van der Waals surface area contributed by atoms with Crippen LogP contribution in [0, 0.1) is 0 Å². The van der Waals surface area contributed by atoms with Crippen LogP contribution in [-0.4, -0.2) is 0 Å². The highest BCUT2D eigenvalue weighted by atomic mass is 16.3. The Kier molecular flexibility index (Phi) is 9.48. The first-order valence-electron chi connectivity index (χ1n) is 27.9. The molecule has 14 aromatic carbocycles. The Morgan fingerprint density at radius 2 is 0.390 bits per heavy atom. The molecule has 82 heavy (non-hydrogen) atoms. The Balaban J connectivity index is 0.829. The molecule has 0 spiro atoms. The Labute approximate surface area is 468 Å².